The second kappa shape index (κ2) is 8.44. The summed E-state index contributed by atoms with van der Waals surface area (Å²) in [6.45, 7) is 9.80. The molecule has 21 heavy (non-hydrogen) atoms. The standard InChI is InChI=1S/C17H28F2N2/c1-5-16(6-2)21(11-12(3)4)17(10-20)13-7-14(18)9-15(19)8-13/h7-9,12,16-17H,5-6,10-11,20H2,1-4H3. The summed E-state index contributed by atoms with van der Waals surface area (Å²) in [5.41, 5.74) is 6.57. The topological polar surface area (TPSA) is 29.3 Å². The number of benzene rings is 1. The van der Waals surface area contributed by atoms with Gasteiger partial charge in [0, 0.05) is 31.2 Å². The fourth-order valence-electron chi connectivity index (χ4n) is 2.94. The van der Waals surface area contributed by atoms with Crippen molar-refractivity contribution in [3.05, 3.63) is 35.4 Å². The van der Waals surface area contributed by atoms with Gasteiger partial charge in [-0.05, 0) is 36.5 Å². The van der Waals surface area contributed by atoms with Gasteiger partial charge < -0.3 is 5.73 Å². The number of hydrogen-bond donors (Lipinski definition) is 1. The van der Waals surface area contributed by atoms with Gasteiger partial charge in [-0.15, -0.1) is 0 Å². The Hall–Kier alpha value is -1.00. The van der Waals surface area contributed by atoms with E-state index >= 15 is 0 Å². The van der Waals surface area contributed by atoms with Crippen molar-refractivity contribution in [2.24, 2.45) is 11.7 Å². The van der Waals surface area contributed by atoms with E-state index in [9.17, 15) is 8.78 Å². The van der Waals surface area contributed by atoms with Gasteiger partial charge in [0.2, 0.25) is 0 Å². The second-order valence-electron chi connectivity index (χ2n) is 6.02. The van der Waals surface area contributed by atoms with Gasteiger partial charge in [0.1, 0.15) is 11.6 Å². The number of hydrogen-bond acceptors (Lipinski definition) is 2. The molecule has 0 spiro atoms. The fourth-order valence-corrected chi connectivity index (χ4v) is 2.94. The van der Waals surface area contributed by atoms with Gasteiger partial charge in [-0.3, -0.25) is 4.90 Å². The molecule has 0 radical (unpaired) electrons. The predicted octanol–water partition coefficient (Wildman–Crippen LogP) is 4.11. The van der Waals surface area contributed by atoms with Gasteiger partial charge in [-0.1, -0.05) is 27.7 Å². The first kappa shape index (κ1) is 18.1. The van der Waals surface area contributed by atoms with Crippen LogP contribution in [-0.2, 0) is 0 Å². The highest BCUT2D eigenvalue weighted by Crippen LogP contribution is 2.27. The monoisotopic (exact) mass is 298 g/mol. The summed E-state index contributed by atoms with van der Waals surface area (Å²) < 4.78 is 27.0. The van der Waals surface area contributed by atoms with Gasteiger partial charge in [-0.2, -0.15) is 0 Å². The summed E-state index contributed by atoms with van der Waals surface area (Å²) in [7, 11) is 0. The summed E-state index contributed by atoms with van der Waals surface area (Å²) >= 11 is 0. The van der Waals surface area contributed by atoms with Crippen LogP contribution in [0.4, 0.5) is 8.78 Å². The smallest absolute Gasteiger partial charge is 0.126 e. The van der Waals surface area contributed by atoms with Crippen molar-refractivity contribution in [2.45, 2.75) is 52.6 Å². The maximum Gasteiger partial charge on any atom is 0.126 e. The molecule has 0 aliphatic rings. The van der Waals surface area contributed by atoms with Gasteiger partial charge in [-0.25, -0.2) is 8.78 Å². The Balaban J connectivity index is 3.15. The molecule has 0 heterocycles. The van der Waals surface area contributed by atoms with E-state index in [1.54, 1.807) is 0 Å². The lowest BCUT2D eigenvalue weighted by atomic mass is 9.98. The number of nitrogens with two attached hydrogens (primary N) is 1. The van der Waals surface area contributed by atoms with Gasteiger partial charge in [0.15, 0.2) is 0 Å². The van der Waals surface area contributed by atoms with Crippen molar-refractivity contribution in [1.82, 2.24) is 4.90 Å². The molecule has 1 rings (SSSR count). The van der Waals surface area contributed by atoms with Crippen molar-refractivity contribution in [1.29, 1.82) is 0 Å². The Morgan fingerprint density at radius 3 is 1.95 bits per heavy atom. The summed E-state index contributed by atoms with van der Waals surface area (Å²) in [6.07, 6.45) is 2.00. The number of nitrogens with zero attached hydrogens (tertiary/aromatic N) is 1. The molecule has 0 saturated carbocycles. The van der Waals surface area contributed by atoms with E-state index in [1.807, 2.05) is 0 Å². The molecule has 2 nitrogen and oxygen atoms in total. The summed E-state index contributed by atoms with van der Waals surface area (Å²) in [4.78, 5) is 2.30. The van der Waals surface area contributed by atoms with Crippen molar-refractivity contribution in [2.75, 3.05) is 13.1 Å². The molecule has 2 N–H and O–H groups in total. The molecular weight excluding hydrogens is 270 g/mol. The first-order valence-electron chi connectivity index (χ1n) is 7.84. The van der Waals surface area contributed by atoms with Crippen LogP contribution in [0.25, 0.3) is 0 Å². The van der Waals surface area contributed by atoms with Crippen LogP contribution in [0.3, 0.4) is 0 Å². The molecule has 120 valence electrons. The third-order valence-electron chi connectivity index (χ3n) is 3.88. The predicted molar refractivity (Wildman–Crippen MR) is 84.1 cm³/mol. The van der Waals surface area contributed by atoms with E-state index in [1.165, 1.54) is 12.1 Å². The average molecular weight is 298 g/mol. The van der Waals surface area contributed by atoms with Crippen LogP contribution >= 0.6 is 0 Å². The normalized spacial score (nSPS) is 13.4. The number of rotatable bonds is 8. The van der Waals surface area contributed by atoms with Gasteiger partial charge in [0.05, 0.1) is 0 Å². The van der Waals surface area contributed by atoms with Crippen LogP contribution in [0.2, 0.25) is 0 Å². The first-order valence-corrected chi connectivity index (χ1v) is 7.84. The summed E-state index contributed by atoms with van der Waals surface area (Å²) in [5.74, 6) is -0.618. The fraction of sp³-hybridized carbons (Fsp3) is 0.647. The first-order chi connectivity index (χ1) is 9.92. The highest BCUT2D eigenvalue weighted by atomic mass is 19.1. The Morgan fingerprint density at radius 2 is 1.57 bits per heavy atom. The van der Waals surface area contributed by atoms with E-state index in [0.29, 0.717) is 24.1 Å². The molecule has 0 aliphatic carbocycles. The summed E-state index contributed by atoms with van der Waals surface area (Å²) in [5, 5.41) is 0. The molecular formula is C17H28F2N2. The van der Waals surface area contributed by atoms with Crippen LogP contribution in [-0.4, -0.2) is 24.0 Å². The van der Waals surface area contributed by atoms with E-state index in [4.69, 9.17) is 5.73 Å². The molecule has 1 aromatic rings. The SMILES string of the molecule is CCC(CC)N(CC(C)C)C(CN)c1cc(F)cc(F)c1. The zero-order chi connectivity index (χ0) is 16.0. The molecule has 4 heteroatoms. The molecule has 1 atom stereocenters. The zero-order valence-electron chi connectivity index (χ0n) is 13.6. The Kier molecular flexibility index (Phi) is 7.26. The van der Waals surface area contributed by atoms with E-state index < -0.39 is 11.6 Å². The molecule has 0 aromatic heterocycles. The van der Waals surface area contributed by atoms with Crippen LogP contribution < -0.4 is 5.73 Å². The van der Waals surface area contributed by atoms with Crippen molar-refractivity contribution < 1.29 is 8.78 Å². The lowest BCUT2D eigenvalue weighted by molar-refractivity contribution is 0.112. The highest BCUT2D eigenvalue weighted by Gasteiger charge is 2.26. The largest absolute Gasteiger partial charge is 0.329 e. The lowest BCUT2D eigenvalue weighted by Gasteiger charge is -2.38. The van der Waals surface area contributed by atoms with Gasteiger partial charge >= 0.3 is 0 Å². The quantitative estimate of drug-likeness (QED) is 0.782. The zero-order valence-corrected chi connectivity index (χ0v) is 13.6. The molecule has 0 bridgehead atoms. The lowest BCUT2D eigenvalue weighted by Crippen LogP contribution is -2.43. The van der Waals surface area contributed by atoms with E-state index in [2.05, 4.69) is 32.6 Å². The minimum Gasteiger partial charge on any atom is -0.329 e. The molecule has 0 saturated heterocycles. The van der Waals surface area contributed by atoms with Crippen molar-refractivity contribution >= 4 is 0 Å². The Labute approximate surface area is 127 Å². The van der Waals surface area contributed by atoms with Crippen molar-refractivity contribution in [3.8, 4) is 0 Å². The minimum absolute atomic E-state index is 0.150. The Morgan fingerprint density at radius 1 is 1.05 bits per heavy atom. The van der Waals surface area contributed by atoms with E-state index in [-0.39, 0.29) is 6.04 Å². The molecule has 0 amide bonds. The molecule has 1 unspecified atom stereocenters. The van der Waals surface area contributed by atoms with Crippen LogP contribution in [0.1, 0.15) is 52.1 Å². The maximum atomic E-state index is 13.5. The molecule has 0 fully saturated rings. The Bertz CT molecular complexity index is 411. The van der Waals surface area contributed by atoms with Crippen LogP contribution in [0.15, 0.2) is 18.2 Å². The maximum absolute atomic E-state index is 13.5. The third kappa shape index (κ3) is 5.04. The average Bonchev–Trinajstić information content (AvgIpc) is 2.39. The second-order valence-corrected chi connectivity index (χ2v) is 6.02. The van der Waals surface area contributed by atoms with Crippen LogP contribution in [0, 0.1) is 17.6 Å². The summed E-state index contributed by atoms with van der Waals surface area (Å²) in [6, 6.07) is 3.92. The third-order valence-corrected chi connectivity index (χ3v) is 3.88. The van der Waals surface area contributed by atoms with E-state index in [0.717, 1.165) is 25.5 Å². The highest BCUT2D eigenvalue weighted by molar-refractivity contribution is 5.22. The minimum atomic E-state index is -0.544. The number of halogens is 2. The molecule has 1 aromatic carbocycles. The molecule has 0 aliphatic heterocycles. The van der Waals surface area contributed by atoms with Crippen molar-refractivity contribution in [3.63, 3.8) is 0 Å². The van der Waals surface area contributed by atoms with Gasteiger partial charge in [0.25, 0.3) is 0 Å². The van der Waals surface area contributed by atoms with Crippen LogP contribution in [0.5, 0.6) is 0 Å².